The molecule has 29 heavy (non-hydrogen) atoms. The molecule has 3 heterocycles. The molecule has 3 aromatic rings. The van der Waals surface area contributed by atoms with Crippen LogP contribution in [0, 0.1) is 0 Å². The van der Waals surface area contributed by atoms with Gasteiger partial charge in [-0.3, -0.25) is 23.0 Å². The summed E-state index contributed by atoms with van der Waals surface area (Å²) in [5, 5.41) is 0. The van der Waals surface area contributed by atoms with Crippen molar-refractivity contribution in [2.75, 3.05) is 17.1 Å². The number of fused-ring (bicyclic) bond motifs is 2. The summed E-state index contributed by atoms with van der Waals surface area (Å²) in [6.07, 6.45) is 3.04. The molecule has 0 fully saturated rings. The molecule has 4 rings (SSSR count). The minimum absolute atomic E-state index is 0.126. The van der Waals surface area contributed by atoms with Crippen LogP contribution in [0.5, 0.6) is 0 Å². The first-order valence-electron chi connectivity index (χ1n) is 8.84. The number of carbonyl (C=O) groups is 1. The lowest BCUT2D eigenvalue weighted by Crippen LogP contribution is -2.37. The number of nitrogens with zero attached hydrogens (tertiary/aromatic N) is 5. The number of hydrogen-bond acceptors (Lipinski definition) is 6. The summed E-state index contributed by atoms with van der Waals surface area (Å²) in [5.74, 6) is -0.249. The van der Waals surface area contributed by atoms with Gasteiger partial charge in [-0.2, -0.15) is 0 Å². The van der Waals surface area contributed by atoms with Crippen LogP contribution in [0.25, 0.3) is 11.2 Å². The number of benzene rings is 1. The van der Waals surface area contributed by atoms with Crippen molar-refractivity contribution in [3.8, 4) is 0 Å². The standard InChI is InChI=1S/C18H19N5O5S/c1-20-16-15(17(25)21(2)18(20)26)22(10-19-16)9-14(24)12-4-5-13-11(8-12)6-7-23(13)29(3,27)28/h4-5,8,10H,6-7,9H2,1-3H3. The second-order valence-electron chi connectivity index (χ2n) is 7.10. The van der Waals surface area contributed by atoms with Crippen molar-refractivity contribution in [3.05, 3.63) is 56.5 Å². The Balaban J connectivity index is 1.70. The van der Waals surface area contributed by atoms with Gasteiger partial charge in [0.15, 0.2) is 16.9 Å². The fourth-order valence-electron chi connectivity index (χ4n) is 3.65. The van der Waals surface area contributed by atoms with Crippen LogP contribution >= 0.6 is 0 Å². The SMILES string of the molecule is Cn1c(=O)c2c(ncn2CC(=O)c2ccc3c(c2)CCN3S(C)(=O)=O)n(C)c1=O. The number of rotatable bonds is 4. The maximum absolute atomic E-state index is 12.8. The van der Waals surface area contributed by atoms with Gasteiger partial charge in [-0.1, -0.05) is 0 Å². The van der Waals surface area contributed by atoms with Gasteiger partial charge in [0.25, 0.3) is 5.56 Å². The van der Waals surface area contributed by atoms with Gasteiger partial charge in [0.1, 0.15) is 0 Å². The van der Waals surface area contributed by atoms with E-state index >= 15 is 0 Å². The number of aryl methyl sites for hydroxylation is 1. The monoisotopic (exact) mass is 417 g/mol. The molecule has 0 spiro atoms. The summed E-state index contributed by atoms with van der Waals surface area (Å²) in [5.41, 5.74) is 1.16. The molecule has 0 saturated carbocycles. The van der Waals surface area contributed by atoms with Crippen molar-refractivity contribution in [1.82, 2.24) is 18.7 Å². The van der Waals surface area contributed by atoms with Crippen molar-refractivity contribution >= 4 is 32.7 Å². The lowest BCUT2D eigenvalue weighted by molar-refractivity contribution is 0.0973. The molecule has 2 aromatic heterocycles. The van der Waals surface area contributed by atoms with Crippen LogP contribution in [-0.2, 0) is 37.1 Å². The molecule has 1 aliphatic rings. The number of ketones is 1. The Morgan fingerprint density at radius 3 is 2.59 bits per heavy atom. The Kier molecular flexibility index (Phi) is 4.23. The highest BCUT2D eigenvalue weighted by molar-refractivity contribution is 7.92. The van der Waals surface area contributed by atoms with Gasteiger partial charge in [0.2, 0.25) is 10.0 Å². The summed E-state index contributed by atoms with van der Waals surface area (Å²) in [6, 6.07) is 4.90. The van der Waals surface area contributed by atoms with E-state index < -0.39 is 21.3 Å². The highest BCUT2D eigenvalue weighted by atomic mass is 32.2. The van der Waals surface area contributed by atoms with E-state index in [2.05, 4.69) is 4.98 Å². The minimum Gasteiger partial charge on any atom is -0.317 e. The number of imidazole rings is 1. The second kappa shape index (κ2) is 6.41. The van der Waals surface area contributed by atoms with Crippen molar-refractivity contribution in [2.45, 2.75) is 13.0 Å². The van der Waals surface area contributed by atoms with Crippen molar-refractivity contribution in [1.29, 1.82) is 0 Å². The number of Topliss-reactive ketones (excluding diaryl/α,β-unsaturated/α-hetero) is 1. The third-order valence-electron chi connectivity index (χ3n) is 5.19. The van der Waals surface area contributed by atoms with Crippen LogP contribution in [0.3, 0.4) is 0 Å². The van der Waals surface area contributed by atoms with E-state index in [0.717, 1.165) is 16.4 Å². The molecule has 1 aromatic carbocycles. The maximum Gasteiger partial charge on any atom is 0.332 e. The second-order valence-corrected chi connectivity index (χ2v) is 9.01. The van der Waals surface area contributed by atoms with Crippen LogP contribution in [0.4, 0.5) is 5.69 Å². The third kappa shape index (κ3) is 2.97. The topological polar surface area (TPSA) is 116 Å². The van der Waals surface area contributed by atoms with E-state index in [0.29, 0.717) is 24.2 Å². The van der Waals surface area contributed by atoms with Crippen LogP contribution in [0.2, 0.25) is 0 Å². The first-order valence-corrected chi connectivity index (χ1v) is 10.7. The van der Waals surface area contributed by atoms with Gasteiger partial charge in [-0.05, 0) is 30.2 Å². The summed E-state index contributed by atoms with van der Waals surface area (Å²) in [4.78, 5) is 41.5. The van der Waals surface area contributed by atoms with Gasteiger partial charge in [0.05, 0.1) is 24.8 Å². The average Bonchev–Trinajstić information content (AvgIpc) is 3.28. The molecule has 10 nitrogen and oxygen atoms in total. The van der Waals surface area contributed by atoms with E-state index in [4.69, 9.17) is 0 Å². The molecule has 11 heteroatoms. The summed E-state index contributed by atoms with van der Waals surface area (Å²) < 4.78 is 28.7. The molecule has 0 unspecified atom stereocenters. The van der Waals surface area contributed by atoms with Gasteiger partial charge in [-0.25, -0.2) is 18.2 Å². The highest BCUT2D eigenvalue weighted by Crippen LogP contribution is 2.30. The predicted molar refractivity (Wildman–Crippen MR) is 107 cm³/mol. The molecular weight excluding hydrogens is 398 g/mol. The zero-order valence-electron chi connectivity index (χ0n) is 16.1. The Labute approximate surface area is 165 Å². The molecule has 0 atom stereocenters. The van der Waals surface area contributed by atoms with E-state index in [1.54, 1.807) is 18.2 Å². The molecule has 0 N–H and O–H groups in total. The number of carbonyl (C=O) groups excluding carboxylic acids is 1. The Hall–Kier alpha value is -3.21. The predicted octanol–water partition coefficient (Wildman–Crippen LogP) is -0.361. The fraction of sp³-hybridized carbons (Fsp3) is 0.333. The number of anilines is 1. The highest BCUT2D eigenvalue weighted by Gasteiger charge is 2.27. The Bertz CT molecular complexity index is 1400. The Morgan fingerprint density at radius 1 is 1.17 bits per heavy atom. The van der Waals surface area contributed by atoms with E-state index in [1.165, 1.54) is 33.9 Å². The largest absolute Gasteiger partial charge is 0.332 e. The first kappa shape index (κ1) is 19.1. The lowest BCUT2D eigenvalue weighted by Gasteiger charge is -2.16. The minimum atomic E-state index is -3.36. The molecule has 0 aliphatic carbocycles. The molecule has 0 saturated heterocycles. The van der Waals surface area contributed by atoms with E-state index in [9.17, 15) is 22.8 Å². The Morgan fingerprint density at radius 2 is 1.90 bits per heavy atom. The third-order valence-corrected chi connectivity index (χ3v) is 6.37. The zero-order chi connectivity index (χ0) is 21.1. The van der Waals surface area contributed by atoms with Gasteiger partial charge >= 0.3 is 5.69 Å². The lowest BCUT2D eigenvalue weighted by atomic mass is 10.1. The molecule has 0 amide bonds. The normalized spacial score (nSPS) is 13.8. The maximum atomic E-state index is 12.8. The van der Waals surface area contributed by atoms with E-state index in [1.807, 2.05) is 0 Å². The quantitative estimate of drug-likeness (QED) is 0.535. The van der Waals surface area contributed by atoms with Crippen LogP contribution in [0.1, 0.15) is 15.9 Å². The average molecular weight is 417 g/mol. The summed E-state index contributed by atoms with van der Waals surface area (Å²) in [6.45, 7) is 0.223. The molecular formula is C18H19N5O5S. The van der Waals surface area contributed by atoms with Gasteiger partial charge < -0.3 is 4.57 Å². The van der Waals surface area contributed by atoms with Crippen LogP contribution in [-0.4, -0.2) is 45.7 Å². The number of sulfonamides is 1. The van der Waals surface area contributed by atoms with E-state index in [-0.39, 0.29) is 23.5 Å². The first-order chi connectivity index (χ1) is 13.6. The van der Waals surface area contributed by atoms with Crippen LogP contribution < -0.4 is 15.6 Å². The van der Waals surface area contributed by atoms with Gasteiger partial charge in [-0.15, -0.1) is 0 Å². The zero-order valence-corrected chi connectivity index (χ0v) is 16.9. The van der Waals surface area contributed by atoms with Crippen LogP contribution in [0.15, 0.2) is 34.1 Å². The number of aromatic nitrogens is 4. The molecule has 0 radical (unpaired) electrons. The summed E-state index contributed by atoms with van der Waals surface area (Å²) >= 11 is 0. The van der Waals surface area contributed by atoms with Crippen molar-refractivity contribution in [2.24, 2.45) is 14.1 Å². The van der Waals surface area contributed by atoms with Gasteiger partial charge in [0, 0.05) is 26.2 Å². The molecule has 1 aliphatic heterocycles. The van der Waals surface area contributed by atoms with Crippen molar-refractivity contribution < 1.29 is 13.2 Å². The summed E-state index contributed by atoms with van der Waals surface area (Å²) in [7, 11) is -0.476. The number of hydrogen-bond donors (Lipinski definition) is 0. The fourth-order valence-corrected chi connectivity index (χ4v) is 4.61. The smallest absolute Gasteiger partial charge is 0.317 e. The molecule has 152 valence electrons. The molecule has 0 bridgehead atoms. The van der Waals surface area contributed by atoms with Crippen molar-refractivity contribution in [3.63, 3.8) is 0 Å².